The number of nitrogens with zero attached hydrogens (tertiary/aromatic N) is 1. The summed E-state index contributed by atoms with van der Waals surface area (Å²) >= 11 is 6.31. The third-order valence-electron chi connectivity index (χ3n) is 3.88. The van der Waals surface area contributed by atoms with Crippen LogP contribution in [-0.2, 0) is 6.61 Å². The molecular weight excluding hydrogens is 246 g/mol. The van der Waals surface area contributed by atoms with Gasteiger partial charge in [0.15, 0.2) is 0 Å². The highest BCUT2D eigenvalue weighted by Gasteiger charge is 2.23. The summed E-state index contributed by atoms with van der Waals surface area (Å²) < 4.78 is 0. The average Bonchev–Trinajstić information content (AvgIpc) is 2.50. The lowest BCUT2D eigenvalue weighted by Crippen LogP contribution is -2.25. The summed E-state index contributed by atoms with van der Waals surface area (Å²) in [5.74, 6) is 0. The highest BCUT2D eigenvalue weighted by molar-refractivity contribution is 6.33. The lowest BCUT2D eigenvalue weighted by molar-refractivity contribution is 0.282. The molecule has 1 aliphatic heterocycles. The van der Waals surface area contributed by atoms with Gasteiger partial charge in [0.1, 0.15) is 0 Å². The van der Waals surface area contributed by atoms with Gasteiger partial charge in [0.25, 0.3) is 0 Å². The van der Waals surface area contributed by atoms with Gasteiger partial charge >= 0.3 is 0 Å². The van der Waals surface area contributed by atoms with E-state index in [9.17, 15) is 0 Å². The molecule has 100 valence electrons. The molecule has 1 fully saturated rings. The van der Waals surface area contributed by atoms with Crippen LogP contribution in [0.25, 0.3) is 0 Å². The Morgan fingerprint density at radius 1 is 1.28 bits per heavy atom. The maximum atomic E-state index is 9.10. The molecule has 0 atom stereocenters. The van der Waals surface area contributed by atoms with Crippen molar-refractivity contribution < 1.29 is 5.11 Å². The summed E-state index contributed by atoms with van der Waals surface area (Å²) in [6, 6.07) is 5.86. The molecular formula is C15H22ClNO. The summed E-state index contributed by atoms with van der Waals surface area (Å²) in [7, 11) is 0. The zero-order chi connectivity index (χ0) is 13.2. The lowest BCUT2D eigenvalue weighted by atomic mass is 9.85. The third-order valence-corrected chi connectivity index (χ3v) is 4.18. The second-order valence-corrected chi connectivity index (χ2v) is 6.36. The van der Waals surface area contributed by atoms with Gasteiger partial charge in [-0.25, -0.2) is 0 Å². The standard InChI is InChI=1S/C15H22ClNO/c1-15(2)6-3-8-17(9-7-15)14-5-4-12(11-18)10-13(14)16/h4-5,10,18H,3,6-9,11H2,1-2H3. The zero-order valence-electron chi connectivity index (χ0n) is 11.2. The normalized spacial score (nSPS) is 19.7. The summed E-state index contributed by atoms with van der Waals surface area (Å²) in [6.45, 7) is 6.86. The van der Waals surface area contributed by atoms with Crippen LogP contribution in [0.5, 0.6) is 0 Å². The Morgan fingerprint density at radius 3 is 2.72 bits per heavy atom. The minimum Gasteiger partial charge on any atom is -0.392 e. The first-order chi connectivity index (χ1) is 8.52. The van der Waals surface area contributed by atoms with Gasteiger partial charge in [-0.1, -0.05) is 31.5 Å². The fraction of sp³-hybridized carbons (Fsp3) is 0.600. The highest BCUT2D eigenvalue weighted by Crippen LogP contribution is 2.34. The predicted octanol–water partition coefficient (Wildman–Crippen LogP) is 3.85. The van der Waals surface area contributed by atoms with Crippen molar-refractivity contribution in [3.05, 3.63) is 28.8 Å². The van der Waals surface area contributed by atoms with E-state index >= 15 is 0 Å². The first kappa shape index (κ1) is 13.7. The second-order valence-electron chi connectivity index (χ2n) is 5.95. The van der Waals surface area contributed by atoms with E-state index in [-0.39, 0.29) is 6.61 Å². The SMILES string of the molecule is CC1(C)CCCN(c2ccc(CO)cc2Cl)CC1. The van der Waals surface area contributed by atoms with Gasteiger partial charge in [-0.05, 0) is 42.4 Å². The maximum Gasteiger partial charge on any atom is 0.0682 e. The van der Waals surface area contributed by atoms with Gasteiger partial charge in [0.05, 0.1) is 17.3 Å². The molecule has 0 spiro atoms. The molecule has 0 aliphatic carbocycles. The molecule has 0 amide bonds. The molecule has 3 heteroatoms. The third kappa shape index (κ3) is 3.18. The molecule has 0 saturated carbocycles. The van der Waals surface area contributed by atoms with Crippen molar-refractivity contribution in [1.29, 1.82) is 0 Å². The van der Waals surface area contributed by atoms with Crippen LogP contribution in [0.15, 0.2) is 18.2 Å². The van der Waals surface area contributed by atoms with E-state index in [1.165, 1.54) is 19.3 Å². The van der Waals surface area contributed by atoms with Gasteiger partial charge in [-0.15, -0.1) is 0 Å². The predicted molar refractivity (Wildman–Crippen MR) is 77.2 cm³/mol. The molecule has 1 aromatic rings. The van der Waals surface area contributed by atoms with Crippen LogP contribution in [0, 0.1) is 5.41 Å². The smallest absolute Gasteiger partial charge is 0.0682 e. The number of anilines is 1. The Hall–Kier alpha value is -0.730. The van der Waals surface area contributed by atoms with Gasteiger partial charge in [-0.3, -0.25) is 0 Å². The van der Waals surface area contributed by atoms with Gasteiger partial charge in [0.2, 0.25) is 0 Å². The lowest BCUT2D eigenvalue weighted by Gasteiger charge is -2.25. The van der Waals surface area contributed by atoms with Gasteiger partial charge in [-0.2, -0.15) is 0 Å². The molecule has 0 bridgehead atoms. The first-order valence-corrected chi connectivity index (χ1v) is 7.04. The summed E-state index contributed by atoms with van der Waals surface area (Å²) in [6.07, 6.45) is 3.69. The Labute approximate surface area is 115 Å². The number of benzene rings is 1. The van der Waals surface area contributed by atoms with Crippen molar-refractivity contribution >= 4 is 17.3 Å². The Morgan fingerprint density at radius 2 is 2.06 bits per heavy atom. The van der Waals surface area contributed by atoms with Crippen molar-refractivity contribution in [3.63, 3.8) is 0 Å². The fourth-order valence-electron chi connectivity index (χ4n) is 2.57. The van der Waals surface area contributed by atoms with Crippen LogP contribution in [0.3, 0.4) is 0 Å². The highest BCUT2D eigenvalue weighted by atomic mass is 35.5. The van der Waals surface area contributed by atoms with Gasteiger partial charge < -0.3 is 10.0 Å². The van der Waals surface area contributed by atoms with E-state index in [1.54, 1.807) is 0 Å². The summed E-state index contributed by atoms with van der Waals surface area (Å²) in [5, 5.41) is 9.86. The molecule has 0 radical (unpaired) electrons. The minimum absolute atomic E-state index is 0.0486. The van der Waals surface area contributed by atoms with Crippen molar-refractivity contribution in [2.45, 2.75) is 39.7 Å². The molecule has 0 unspecified atom stereocenters. The number of rotatable bonds is 2. The van der Waals surface area contributed by atoms with Crippen LogP contribution in [0.4, 0.5) is 5.69 Å². The minimum atomic E-state index is 0.0486. The van der Waals surface area contributed by atoms with Crippen LogP contribution >= 0.6 is 11.6 Å². The zero-order valence-corrected chi connectivity index (χ0v) is 12.0. The van der Waals surface area contributed by atoms with E-state index in [2.05, 4.69) is 18.7 Å². The largest absolute Gasteiger partial charge is 0.392 e. The number of hydrogen-bond donors (Lipinski definition) is 1. The molecule has 2 nitrogen and oxygen atoms in total. The molecule has 1 aromatic carbocycles. The fourth-order valence-corrected chi connectivity index (χ4v) is 2.89. The quantitative estimate of drug-likeness (QED) is 0.880. The molecule has 0 aromatic heterocycles. The first-order valence-electron chi connectivity index (χ1n) is 6.66. The van der Waals surface area contributed by atoms with Crippen molar-refractivity contribution in [2.75, 3.05) is 18.0 Å². The number of aliphatic hydroxyl groups is 1. The van der Waals surface area contributed by atoms with Crippen molar-refractivity contribution in [3.8, 4) is 0 Å². The van der Waals surface area contributed by atoms with E-state index in [4.69, 9.17) is 16.7 Å². The topological polar surface area (TPSA) is 23.5 Å². The molecule has 1 saturated heterocycles. The molecule has 1 heterocycles. The monoisotopic (exact) mass is 267 g/mol. The van der Waals surface area contributed by atoms with E-state index in [1.807, 2.05) is 18.2 Å². The Bertz CT molecular complexity index is 417. The molecule has 18 heavy (non-hydrogen) atoms. The van der Waals surface area contributed by atoms with E-state index in [0.29, 0.717) is 5.41 Å². The Kier molecular flexibility index (Phi) is 4.18. The van der Waals surface area contributed by atoms with E-state index < -0.39 is 0 Å². The second kappa shape index (κ2) is 5.50. The molecule has 2 rings (SSSR count). The van der Waals surface area contributed by atoms with Gasteiger partial charge in [0, 0.05) is 13.1 Å². The Balaban J connectivity index is 2.16. The average molecular weight is 268 g/mol. The van der Waals surface area contributed by atoms with Crippen molar-refractivity contribution in [2.24, 2.45) is 5.41 Å². The van der Waals surface area contributed by atoms with Crippen LogP contribution < -0.4 is 4.90 Å². The number of halogens is 1. The van der Waals surface area contributed by atoms with Crippen molar-refractivity contribution in [1.82, 2.24) is 0 Å². The molecule has 1 N–H and O–H groups in total. The number of hydrogen-bond acceptors (Lipinski definition) is 2. The maximum absolute atomic E-state index is 9.10. The number of aliphatic hydroxyl groups excluding tert-OH is 1. The van der Waals surface area contributed by atoms with Crippen LogP contribution in [-0.4, -0.2) is 18.2 Å². The summed E-state index contributed by atoms with van der Waals surface area (Å²) in [5.41, 5.74) is 2.41. The van der Waals surface area contributed by atoms with Crippen LogP contribution in [0.1, 0.15) is 38.7 Å². The summed E-state index contributed by atoms with van der Waals surface area (Å²) in [4.78, 5) is 2.37. The molecule has 1 aliphatic rings. The van der Waals surface area contributed by atoms with Crippen LogP contribution in [0.2, 0.25) is 5.02 Å². The van der Waals surface area contributed by atoms with E-state index in [0.717, 1.165) is 29.4 Å².